The third-order valence-electron chi connectivity index (χ3n) is 1.85. The standard InChI is InChI=1S/C10H9F2N/c1-6-3-8(11)10(7(2)5-13)9(12)4-6/h3-4,7H,1-2H3. The van der Waals surface area contributed by atoms with Crippen molar-refractivity contribution in [1.82, 2.24) is 0 Å². The summed E-state index contributed by atoms with van der Waals surface area (Å²) in [4.78, 5) is 0. The molecule has 1 atom stereocenters. The fraction of sp³-hybridized carbons (Fsp3) is 0.300. The molecule has 0 aromatic heterocycles. The van der Waals surface area contributed by atoms with Gasteiger partial charge in [0.15, 0.2) is 0 Å². The van der Waals surface area contributed by atoms with E-state index in [1.807, 2.05) is 0 Å². The molecule has 1 aromatic carbocycles. The number of hydrogen-bond donors (Lipinski definition) is 0. The van der Waals surface area contributed by atoms with Gasteiger partial charge in [-0.2, -0.15) is 5.26 Å². The van der Waals surface area contributed by atoms with Crippen LogP contribution in [0.15, 0.2) is 12.1 Å². The predicted octanol–water partition coefficient (Wildman–Crippen LogP) is 2.90. The van der Waals surface area contributed by atoms with Gasteiger partial charge in [0, 0.05) is 5.56 Å². The van der Waals surface area contributed by atoms with E-state index >= 15 is 0 Å². The molecule has 0 N–H and O–H groups in total. The summed E-state index contributed by atoms with van der Waals surface area (Å²) in [6.45, 7) is 3.07. The van der Waals surface area contributed by atoms with Crippen molar-refractivity contribution in [3.63, 3.8) is 0 Å². The molecule has 1 aromatic rings. The Labute approximate surface area is 75.6 Å². The smallest absolute Gasteiger partial charge is 0.130 e. The molecule has 0 fully saturated rings. The van der Waals surface area contributed by atoms with Crippen molar-refractivity contribution in [2.24, 2.45) is 0 Å². The lowest BCUT2D eigenvalue weighted by Crippen LogP contribution is -1.99. The first kappa shape index (κ1) is 9.66. The van der Waals surface area contributed by atoms with Gasteiger partial charge in [0.25, 0.3) is 0 Å². The molecule has 68 valence electrons. The first-order valence-corrected chi connectivity index (χ1v) is 3.91. The van der Waals surface area contributed by atoms with E-state index < -0.39 is 17.6 Å². The number of benzene rings is 1. The molecule has 1 nitrogen and oxygen atoms in total. The second-order valence-electron chi connectivity index (χ2n) is 2.99. The van der Waals surface area contributed by atoms with Crippen LogP contribution in [-0.2, 0) is 0 Å². The van der Waals surface area contributed by atoms with Crippen LogP contribution in [0, 0.1) is 29.9 Å². The number of nitriles is 1. The molecule has 13 heavy (non-hydrogen) atoms. The number of aryl methyl sites for hydroxylation is 1. The summed E-state index contributed by atoms with van der Waals surface area (Å²) >= 11 is 0. The Bertz CT molecular complexity index is 343. The van der Waals surface area contributed by atoms with E-state index in [0.717, 1.165) is 0 Å². The summed E-state index contributed by atoms with van der Waals surface area (Å²) in [6.07, 6.45) is 0. The van der Waals surface area contributed by atoms with Crippen LogP contribution in [-0.4, -0.2) is 0 Å². The fourth-order valence-corrected chi connectivity index (χ4v) is 1.19. The Kier molecular flexibility index (Phi) is 2.62. The van der Waals surface area contributed by atoms with E-state index in [1.54, 1.807) is 13.0 Å². The van der Waals surface area contributed by atoms with Crippen molar-refractivity contribution in [2.75, 3.05) is 0 Å². The highest BCUT2D eigenvalue weighted by atomic mass is 19.1. The van der Waals surface area contributed by atoms with Gasteiger partial charge in [-0.25, -0.2) is 8.78 Å². The minimum absolute atomic E-state index is 0.145. The van der Waals surface area contributed by atoms with Crippen LogP contribution in [0.1, 0.15) is 24.0 Å². The van der Waals surface area contributed by atoms with Crippen molar-refractivity contribution >= 4 is 0 Å². The average molecular weight is 181 g/mol. The molecule has 0 aliphatic heterocycles. The van der Waals surface area contributed by atoms with Crippen LogP contribution in [0.5, 0.6) is 0 Å². The SMILES string of the molecule is Cc1cc(F)c(C(C)C#N)c(F)c1. The van der Waals surface area contributed by atoms with E-state index in [0.29, 0.717) is 5.56 Å². The third kappa shape index (κ3) is 1.83. The zero-order valence-electron chi connectivity index (χ0n) is 7.44. The van der Waals surface area contributed by atoms with Crippen molar-refractivity contribution in [3.8, 4) is 6.07 Å². The zero-order chi connectivity index (χ0) is 10.0. The largest absolute Gasteiger partial charge is 0.207 e. The highest BCUT2D eigenvalue weighted by molar-refractivity contribution is 5.30. The van der Waals surface area contributed by atoms with E-state index in [9.17, 15) is 8.78 Å². The molecular formula is C10H9F2N. The minimum atomic E-state index is -0.749. The lowest BCUT2D eigenvalue weighted by Gasteiger charge is -2.06. The van der Waals surface area contributed by atoms with Gasteiger partial charge in [0.2, 0.25) is 0 Å². The summed E-state index contributed by atoms with van der Waals surface area (Å²) in [6, 6.07) is 4.26. The van der Waals surface area contributed by atoms with Crippen LogP contribution >= 0.6 is 0 Å². The molecule has 0 aliphatic carbocycles. The normalized spacial score (nSPS) is 12.2. The molecule has 0 bridgehead atoms. The molecule has 0 amide bonds. The molecule has 1 rings (SSSR count). The Balaban J connectivity index is 3.30. The number of halogens is 2. The molecule has 0 radical (unpaired) electrons. The van der Waals surface area contributed by atoms with Crippen molar-refractivity contribution in [3.05, 3.63) is 34.9 Å². The van der Waals surface area contributed by atoms with Crippen LogP contribution in [0.4, 0.5) is 8.78 Å². The summed E-state index contributed by atoms with van der Waals surface area (Å²) in [5.41, 5.74) is 0.372. The van der Waals surface area contributed by atoms with E-state index in [1.165, 1.54) is 19.1 Å². The molecule has 0 spiro atoms. The molecule has 0 saturated heterocycles. The highest BCUT2D eigenvalue weighted by Gasteiger charge is 2.15. The quantitative estimate of drug-likeness (QED) is 0.653. The van der Waals surface area contributed by atoms with Crippen molar-refractivity contribution in [2.45, 2.75) is 19.8 Å². The molecule has 1 unspecified atom stereocenters. The molecule has 0 saturated carbocycles. The second-order valence-corrected chi connectivity index (χ2v) is 2.99. The third-order valence-corrected chi connectivity index (χ3v) is 1.85. The van der Waals surface area contributed by atoms with Crippen molar-refractivity contribution < 1.29 is 8.78 Å². The monoisotopic (exact) mass is 181 g/mol. The molecular weight excluding hydrogens is 172 g/mol. The molecule has 0 aliphatic rings. The van der Waals surface area contributed by atoms with Crippen molar-refractivity contribution in [1.29, 1.82) is 5.26 Å². The van der Waals surface area contributed by atoms with Gasteiger partial charge in [-0.3, -0.25) is 0 Å². The Morgan fingerprint density at radius 3 is 2.15 bits per heavy atom. The van der Waals surface area contributed by atoms with Crippen LogP contribution in [0.2, 0.25) is 0 Å². The number of rotatable bonds is 1. The maximum atomic E-state index is 13.2. The summed E-state index contributed by atoms with van der Waals surface area (Å²) in [7, 11) is 0. The molecule has 0 heterocycles. The number of hydrogen-bond acceptors (Lipinski definition) is 1. The predicted molar refractivity (Wildman–Crippen MR) is 45.1 cm³/mol. The summed E-state index contributed by atoms with van der Waals surface area (Å²) in [5, 5.41) is 8.52. The zero-order valence-corrected chi connectivity index (χ0v) is 7.44. The van der Waals surface area contributed by atoms with Crippen LogP contribution in [0.25, 0.3) is 0 Å². The van der Waals surface area contributed by atoms with Gasteiger partial charge in [0.1, 0.15) is 11.6 Å². The minimum Gasteiger partial charge on any atom is -0.207 e. The van der Waals surface area contributed by atoms with Gasteiger partial charge in [0.05, 0.1) is 12.0 Å². The Morgan fingerprint density at radius 1 is 1.31 bits per heavy atom. The van der Waals surface area contributed by atoms with E-state index in [2.05, 4.69) is 0 Å². The maximum absolute atomic E-state index is 13.2. The highest BCUT2D eigenvalue weighted by Crippen LogP contribution is 2.22. The van der Waals surface area contributed by atoms with Gasteiger partial charge < -0.3 is 0 Å². The summed E-state index contributed by atoms with van der Waals surface area (Å²) in [5.74, 6) is -2.04. The van der Waals surface area contributed by atoms with Gasteiger partial charge in [-0.1, -0.05) is 0 Å². The van der Waals surface area contributed by atoms with Gasteiger partial charge in [-0.05, 0) is 31.5 Å². The maximum Gasteiger partial charge on any atom is 0.130 e. The first-order chi connectivity index (χ1) is 6.06. The van der Waals surface area contributed by atoms with E-state index in [-0.39, 0.29) is 5.56 Å². The first-order valence-electron chi connectivity index (χ1n) is 3.91. The lowest BCUT2D eigenvalue weighted by atomic mass is 10.00. The number of nitrogens with zero attached hydrogens (tertiary/aromatic N) is 1. The van der Waals surface area contributed by atoms with Gasteiger partial charge >= 0.3 is 0 Å². The van der Waals surface area contributed by atoms with Gasteiger partial charge in [-0.15, -0.1) is 0 Å². The van der Waals surface area contributed by atoms with Crippen LogP contribution < -0.4 is 0 Å². The van der Waals surface area contributed by atoms with Crippen LogP contribution in [0.3, 0.4) is 0 Å². The summed E-state index contributed by atoms with van der Waals surface area (Å²) < 4.78 is 26.3. The lowest BCUT2D eigenvalue weighted by molar-refractivity contribution is 0.549. The Morgan fingerprint density at radius 2 is 1.77 bits per heavy atom. The Hall–Kier alpha value is -1.43. The second kappa shape index (κ2) is 3.53. The average Bonchev–Trinajstić information content (AvgIpc) is 2.02. The topological polar surface area (TPSA) is 23.8 Å². The molecule has 3 heteroatoms. The fourth-order valence-electron chi connectivity index (χ4n) is 1.19. The van der Waals surface area contributed by atoms with E-state index in [4.69, 9.17) is 5.26 Å².